The van der Waals surface area contributed by atoms with Gasteiger partial charge in [0.25, 0.3) is 0 Å². The Morgan fingerprint density at radius 2 is 2.26 bits per heavy atom. The summed E-state index contributed by atoms with van der Waals surface area (Å²) in [5.74, 6) is 1.40. The molecule has 0 aliphatic carbocycles. The van der Waals surface area contributed by atoms with Crippen LogP contribution in [0.4, 0.5) is 5.82 Å². The second kappa shape index (κ2) is 4.94. The predicted octanol–water partition coefficient (Wildman–Crippen LogP) is 1.65. The minimum atomic E-state index is -0.0500. The van der Waals surface area contributed by atoms with Crippen molar-refractivity contribution >= 4 is 22.8 Å². The molecular formula is C12H13N5OS. The Hall–Kier alpha value is -1.99. The van der Waals surface area contributed by atoms with Crippen molar-refractivity contribution in [2.24, 2.45) is 0 Å². The first-order valence-electron chi connectivity index (χ1n) is 5.90. The molecule has 3 aromatic heterocycles. The quantitative estimate of drug-likeness (QED) is 0.757. The molecule has 3 aromatic rings. The molecule has 0 aliphatic rings. The third-order valence-electron chi connectivity index (χ3n) is 2.71. The molecule has 2 N–H and O–H groups in total. The molecule has 0 fully saturated rings. The summed E-state index contributed by atoms with van der Waals surface area (Å²) in [6.07, 6.45) is 0. The van der Waals surface area contributed by atoms with E-state index in [1.807, 2.05) is 35.9 Å². The number of aliphatic hydroxyl groups is 1. The van der Waals surface area contributed by atoms with Crippen LogP contribution in [-0.4, -0.2) is 37.6 Å². The van der Waals surface area contributed by atoms with E-state index in [0.717, 1.165) is 11.4 Å². The zero-order valence-electron chi connectivity index (χ0n) is 10.3. The highest BCUT2D eigenvalue weighted by molar-refractivity contribution is 7.08. The van der Waals surface area contributed by atoms with E-state index in [-0.39, 0.29) is 12.6 Å². The fourth-order valence-electron chi connectivity index (χ4n) is 1.74. The van der Waals surface area contributed by atoms with Gasteiger partial charge >= 0.3 is 0 Å². The van der Waals surface area contributed by atoms with Crippen molar-refractivity contribution in [2.75, 3.05) is 11.9 Å². The summed E-state index contributed by atoms with van der Waals surface area (Å²) in [6.45, 7) is 1.94. The van der Waals surface area contributed by atoms with Crippen LogP contribution in [0.3, 0.4) is 0 Å². The Labute approximate surface area is 113 Å². The highest BCUT2D eigenvalue weighted by Crippen LogP contribution is 2.20. The van der Waals surface area contributed by atoms with Crippen molar-refractivity contribution in [3.05, 3.63) is 29.0 Å². The fourth-order valence-corrected chi connectivity index (χ4v) is 2.37. The molecule has 0 saturated carbocycles. The van der Waals surface area contributed by atoms with Crippen LogP contribution in [-0.2, 0) is 0 Å². The lowest BCUT2D eigenvalue weighted by Gasteiger charge is -2.11. The Morgan fingerprint density at radius 3 is 3.00 bits per heavy atom. The first kappa shape index (κ1) is 12.1. The molecule has 1 atom stereocenters. The number of aromatic nitrogens is 4. The van der Waals surface area contributed by atoms with Crippen molar-refractivity contribution in [1.82, 2.24) is 19.8 Å². The number of nitrogens with one attached hydrogen (secondary N) is 1. The van der Waals surface area contributed by atoms with Gasteiger partial charge in [0.2, 0.25) is 0 Å². The highest BCUT2D eigenvalue weighted by Gasteiger charge is 2.10. The lowest BCUT2D eigenvalue weighted by atomic mass is 10.3. The molecule has 0 aromatic carbocycles. The van der Waals surface area contributed by atoms with Crippen molar-refractivity contribution < 1.29 is 5.11 Å². The number of thiophene rings is 1. The molecule has 6 nitrogen and oxygen atoms in total. The van der Waals surface area contributed by atoms with Gasteiger partial charge in [-0.3, -0.25) is 0 Å². The van der Waals surface area contributed by atoms with Crippen LogP contribution in [0.25, 0.3) is 17.0 Å². The number of hydrogen-bond acceptors (Lipinski definition) is 6. The normalized spacial score (nSPS) is 12.7. The number of aliphatic hydroxyl groups excluding tert-OH is 1. The number of anilines is 1. The smallest absolute Gasteiger partial charge is 0.186 e. The SMILES string of the molecule is C[C@@H](CO)Nc1ccc2nnc(-c3ccsc3)n2n1. The lowest BCUT2D eigenvalue weighted by molar-refractivity contribution is 0.281. The third-order valence-corrected chi connectivity index (χ3v) is 3.39. The second-order valence-electron chi connectivity index (χ2n) is 4.25. The Bertz CT molecular complexity index is 679. The summed E-state index contributed by atoms with van der Waals surface area (Å²) in [7, 11) is 0. The minimum Gasteiger partial charge on any atom is -0.394 e. The van der Waals surface area contributed by atoms with Crippen molar-refractivity contribution in [1.29, 1.82) is 0 Å². The van der Waals surface area contributed by atoms with Crippen LogP contribution in [0.1, 0.15) is 6.92 Å². The average Bonchev–Trinajstić information content (AvgIpc) is 3.06. The van der Waals surface area contributed by atoms with Gasteiger partial charge in [-0.1, -0.05) is 0 Å². The van der Waals surface area contributed by atoms with Crippen LogP contribution in [0, 0.1) is 0 Å². The summed E-state index contributed by atoms with van der Waals surface area (Å²) in [4.78, 5) is 0. The second-order valence-corrected chi connectivity index (χ2v) is 5.03. The van der Waals surface area contributed by atoms with E-state index in [2.05, 4.69) is 20.6 Å². The number of nitrogens with zero attached hydrogens (tertiary/aromatic N) is 4. The monoisotopic (exact) mass is 275 g/mol. The highest BCUT2D eigenvalue weighted by atomic mass is 32.1. The molecule has 0 radical (unpaired) electrons. The topological polar surface area (TPSA) is 75.3 Å². The summed E-state index contributed by atoms with van der Waals surface area (Å²) < 4.78 is 1.70. The van der Waals surface area contributed by atoms with Crippen LogP contribution < -0.4 is 5.32 Å². The fraction of sp³-hybridized carbons (Fsp3) is 0.250. The summed E-state index contributed by atoms with van der Waals surface area (Å²) in [6, 6.07) is 5.61. The first-order valence-corrected chi connectivity index (χ1v) is 6.84. The Kier molecular flexibility index (Phi) is 3.14. The van der Waals surface area contributed by atoms with E-state index >= 15 is 0 Å². The van der Waals surface area contributed by atoms with Gasteiger partial charge in [0.15, 0.2) is 11.5 Å². The molecule has 0 saturated heterocycles. The van der Waals surface area contributed by atoms with E-state index in [1.54, 1.807) is 15.9 Å². The number of rotatable bonds is 4. The molecular weight excluding hydrogens is 262 g/mol. The average molecular weight is 275 g/mol. The molecule has 3 rings (SSSR count). The maximum absolute atomic E-state index is 9.05. The van der Waals surface area contributed by atoms with Crippen molar-refractivity contribution in [3.63, 3.8) is 0 Å². The van der Waals surface area contributed by atoms with Gasteiger partial charge in [-0.05, 0) is 30.5 Å². The standard InChI is InChI=1S/C12H13N5OS/c1-8(6-18)13-10-2-3-11-14-15-12(17(11)16-10)9-4-5-19-7-9/h2-5,7-8,18H,6H2,1H3,(H,13,16)/t8-/m0/s1. The van der Waals surface area contributed by atoms with E-state index in [4.69, 9.17) is 5.11 Å². The van der Waals surface area contributed by atoms with Crippen LogP contribution in [0.15, 0.2) is 29.0 Å². The van der Waals surface area contributed by atoms with E-state index < -0.39 is 0 Å². The van der Waals surface area contributed by atoms with Crippen LogP contribution in [0.2, 0.25) is 0 Å². The zero-order valence-corrected chi connectivity index (χ0v) is 11.1. The van der Waals surface area contributed by atoms with E-state index in [1.165, 1.54) is 0 Å². The molecule has 0 bridgehead atoms. The van der Waals surface area contributed by atoms with Crippen LogP contribution >= 0.6 is 11.3 Å². The zero-order chi connectivity index (χ0) is 13.2. The first-order chi connectivity index (χ1) is 9.28. The largest absolute Gasteiger partial charge is 0.394 e. The van der Waals surface area contributed by atoms with Gasteiger partial charge in [-0.25, -0.2) is 0 Å². The van der Waals surface area contributed by atoms with Gasteiger partial charge in [0.05, 0.1) is 6.61 Å². The molecule has 98 valence electrons. The van der Waals surface area contributed by atoms with Gasteiger partial charge in [0.1, 0.15) is 5.82 Å². The third kappa shape index (κ3) is 2.29. The predicted molar refractivity (Wildman–Crippen MR) is 74.3 cm³/mol. The van der Waals surface area contributed by atoms with E-state index in [0.29, 0.717) is 11.5 Å². The molecule has 0 amide bonds. The lowest BCUT2D eigenvalue weighted by Crippen LogP contribution is -2.20. The molecule has 0 aliphatic heterocycles. The summed E-state index contributed by atoms with van der Waals surface area (Å²) in [5, 5.41) is 28.9. The number of hydrogen-bond donors (Lipinski definition) is 2. The molecule has 19 heavy (non-hydrogen) atoms. The van der Waals surface area contributed by atoms with Gasteiger partial charge in [-0.15, -0.1) is 15.3 Å². The molecule has 7 heteroatoms. The molecule has 0 spiro atoms. The maximum Gasteiger partial charge on any atom is 0.186 e. The van der Waals surface area contributed by atoms with Gasteiger partial charge < -0.3 is 10.4 Å². The molecule has 0 unspecified atom stereocenters. The van der Waals surface area contributed by atoms with Gasteiger partial charge in [-0.2, -0.15) is 15.9 Å². The minimum absolute atomic E-state index is 0.0500. The molecule has 3 heterocycles. The Morgan fingerprint density at radius 1 is 1.37 bits per heavy atom. The van der Waals surface area contributed by atoms with Gasteiger partial charge in [0, 0.05) is 17.0 Å². The Balaban J connectivity index is 2.03. The maximum atomic E-state index is 9.05. The van der Waals surface area contributed by atoms with Crippen LogP contribution in [0.5, 0.6) is 0 Å². The van der Waals surface area contributed by atoms with E-state index in [9.17, 15) is 0 Å². The number of fused-ring (bicyclic) bond motifs is 1. The van der Waals surface area contributed by atoms with Crippen molar-refractivity contribution in [3.8, 4) is 11.4 Å². The van der Waals surface area contributed by atoms with Crippen molar-refractivity contribution in [2.45, 2.75) is 13.0 Å². The summed E-state index contributed by atoms with van der Waals surface area (Å²) >= 11 is 1.61. The summed E-state index contributed by atoms with van der Waals surface area (Å²) in [5.41, 5.74) is 1.70.